The van der Waals surface area contributed by atoms with Crippen molar-refractivity contribution < 1.29 is 18.0 Å². The molecule has 0 spiro atoms. The van der Waals surface area contributed by atoms with Crippen molar-refractivity contribution >= 4 is 43.5 Å². The molecule has 3 aromatic carbocycles. The van der Waals surface area contributed by atoms with E-state index in [4.69, 9.17) is 0 Å². The Balaban J connectivity index is 1.98. The summed E-state index contributed by atoms with van der Waals surface area (Å²) in [5.74, 6) is -0.438. The number of carbonyl (C=O) groups excluding carboxylic acids is 2. The Kier molecular flexibility index (Phi) is 11.1. The van der Waals surface area contributed by atoms with Crippen LogP contribution in [0.25, 0.3) is 0 Å². The molecule has 39 heavy (non-hydrogen) atoms. The van der Waals surface area contributed by atoms with Crippen LogP contribution in [0.3, 0.4) is 0 Å². The van der Waals surface area contributed by atoms with Crippen LogP contribution in [0.4, 0.5) is 5.69 Å². The molecule has 1 N–H and O–H groups in total. The summed E-state index contributed by atoms with van der Waals surface area (Å²) in [6, 6.07) is 23.8. The average molecular weight is 615 g/mol. The minimum atomic E-state index is -4.08. The van der Waals surface area contributed by atoms with Gasteiger partial charge in [0.2, 0.25) is 11.8 Å². The highest BCUT2D eigenvalue weighted by Crippen LogP contribution is 2.27. The minimum Gasteiger partial charge on any atom is -0.354 e. The van der Waals surface area contributed by atoms with Crippen molar-refractivity contribution in [3.8, 4) is 0 Å². The van der Waals surface area contributed by atoms with Crippen LogP contribution in [0.2, 0.25) is 0 Å². The number of sulfonamides is 1. The maximum absolute atomic E-state index is 14.0. The summed E-state index contributed by atoms with van der Waals surface area (Å²) >= 11 is 3.41. The summed E-state index contributed by atoms with van der Waals surface area (Å²) in [5.41, 5.74) is 1.37. The van der Waals surface area contributed by atoms with Gasteiger partial charge in [0.15, 0.2) is 0 Å². The fraction of sp³-hybridized carbons (Fsp3) is 0.333. The zero-order valence-electron chi connectivity index (χ0n) is 22.6. The van der Waals surface area contributed by atoms with E-state index in [1.807, 2.05) is 51.1 Å². The number of nitrogens with one attached hydrogen (secondary N) is 1. The number of hydrogen-bond acceptors (Lipinski definition) is 4. The number of nitrogens with zero attached hydrogens (tertiary/aromatic N) is 2. The third-order valence-corrected chi connectivity index (χ3v) is 8.54. The largest absolute Gasteiger partial charge is 0.354 e. The maximum Gasteiger partial charge on any atom is 0.264 e. The number of amides is 2. The number of hydrogen-bond donors (Lipinski definition) is 1. The van der Waals surface area contributed by atoms with Gasteiger partial charge in [0.05, 0.1) is 10.6 Å². The van der Waals surface area contributed by atoms with Gasteiger partial charge >= 0.3 is 0 Å². The summed E-state index contributed by atoms with van der Waals surface area (Å²) in [7, 11) is -4.08. The molecule has 0 saturated heterocycles. The van der Waals surface area contributed by atoms with Gasteiger partial charge in [-0.05, 0) is 54.7 Å². The highest BCUT2D eigenvalue weighted by Gasteiger charge is 2.33. The fourth-order valence-electron chi connectivity index (χ4n) is 4.20. The lowest BCUT2D eigenvalue weighted by Gasteiger charge is -2.33. The molecule has 0 radical (unpaired) electrons. The standard InChI is InChI=1S/C30H36BrN3O4S/c1-4-28(30(36)32-21-23(2)3)33(19-18-24-12-7-5-8-13-24)29(35)22-34(26-15-11-14-25(31)20-26)39(37,38)27-16-9-6-10-17-27/h5-17,20,23,28H,4,18-19,21-22H2,1-3H3,(H,32,36)/t28-/m1/s1. The number of benzene rings is 3. The lowest BCUT2D eigenvalue weighted by Crippen LogP contribution is -2.53. The van der Waals surface area contributed by atoms with Crippen molar-refractivity contribution in [3.63, 3.8) is 0 Å². The van der Waals surface area contributed by atoms with Gasteiger partial charge < -0.3 is 10.2 Å². The van der Waals surface area contributed by atoms with E-state index in [1.54, 1.807) is 42.5 Å². The summed E-state index contributed by atoms with van der Waals surface area (Å²) < 4.78 is 29.4. The molecule has 2 amide bonds. The SMILES string of the molecule is CC[C@H](C(=O)NCC(C)C)N(CCc1ccccc1)C(=O)CN(c1cccc(Br)c1)S(=O)(=O)c1ccccc1. The Morgan fingerprint density at radius 3 is 2.15 bits per heavy atom. The van der Waals surface area contributed by atoms with Crippen LogP contribution in [0.5, 0.6) is 0 Å². The molecule has 0 aliphatic carbocycles. The van der Waals surface area contributed by atoms with Crippen molar-refractivity contribution in [3.05, 3.63) is 95.0 Å². The first-order valence-electron chi connectivity index (χ1n) is 13.1. The predicted molar refractivity (Wildman–Crippen MR) is 159 cm³/mol. The summed E-state index contributed by atoms with van der Waals surface area (Å²) in [6.45, 7) is 6.18. The second-order valence-corrected chi connectivity index (χ2v) is 12.5. The van der Waals surface area contributed by atoms with E-state index in [-0.39, 0.29) is 23.3 Å². The molecule has 9 heteroatoms. The molecule has 208 valence electrons. The molecular weight excluding hydrogens is 578 g/mol. The molecule has 0 fully saturated rings. The van der Waals surface area contributed by atoms with E-state index in [2.05, 4.69) is 21.2 Å². The molecule has 1 atom stereocenters. The Morgan fingerprint density at radius 1 is 0.923 bits per heavy atom. The first kappa shape index (κ1) is 30.4. The fourth-order valence-corrected chi connectivity index (χ4v) is 6.01. The van der Waals surface area contributed by atoms with E-state index in [9.17, 15) is 18.0 Å². The van der Waals surface area contributed by atoms with Crippen molar-refractivity contribution in [2.24, 2.45) is 5.92 Å². The van der Waals surface area contributed by atoms with Crippen LogP contribution in [0.15, 0.2) is 94.3 Å². The van der Waals surface area contributed by atoms with Gasteiger partial charge in [-0.2, -0.15) is 0 Å². The van der Waals surface area contributed by atoms with Crippen LogP contribution in [-0.2, 0) is 26.0 Å². The van der Waals surface area contributed by atoms with E-state index in [0.717, 1.165) is 9.87 Å². The molecule has 0 aliphatic rings. The number of rotatable bonds is 13. The molecule has 0 heterocycles. The van der Waals surface area contributed by atoms with Crippen LogP contribution < -0.4 is 9.62 Å². The van der Waals surface area contributed by atoms with Gasteiger partial charge in [0.1, 0.15) is 12.6 Å². The van der Waals surface area contributed by atoms with E-state index >= 15 is 0 Å². The van der Waals surface area contributed by atoms with Crippen molar-refractivity contribution in [1.29, 1.82) is 0 Å². The molecule has 0 bridgehead atoms. The Morgan fingerprint density at radius 2 is 1.56 bits per heavy atom. The van der Waals surface area contributed by atoms with Crippen LogP contribution in [0.1, 0.15) is 32.8 Å². The molecule has 0 saturated carbocycles. The topological polar surface area (TPSA) is 86.8 Å². The Hall–Kier alpha value is -3.17. The maximum atomic E-state index is 14.0. The Bertz CT molecular complexity index is 1330. The van der Waals surface area contributed by atoms with Gasteiger partial charge in [-0.1, -0.05) is 91.3 Å². The van der Waals surface area contributed by atoms with E-state index in [1.165, 1.54) is 17.0 Å². The lowest BCUT2D eigenvalue weighted by molar-refractivity contribution is -0.139. The molecule has 0 aliphatic heterocycles. The van der Waals surface area contributed by atoms with Gasteiger partial charge in [-0.15, -0.1) is 0 Å². The monoisotopic (exact) mass is 613 g/mol. The van der Waals surface area contributed by atoms with Gasteiger partial charge in [-0.25, -0.2) is 8.42 Å². The van der Waals surface area contributed by atoms with Crippen LogP contribution >= 0.6 is 15.9 Å². The molecule has 3 rings (SSSR count). The number of carbonyl (C=O) groups is 2. The second kappa shape index (κ2) is 14.3. The first-order valence-corrected chi connectivity index (χ1v) is 15.3. The molecule has 0 aromatic heterocycles. The zero-order valence-corrected chi connectivity index (χ0v) is 25.0. The van der Waals surface area contributed by atoms with Crippen molar-refractivity contribution in [1.82, 2.24) is 10.2 Å². The summed E-state index contributed by atoms with van der Waals surface area (Å²) in [5, 5.41) is 2.94. The van der Waals surface area contributed by atoms with Gasteiger partial charge in [0.25, 0.3) is 10.0 Å². The highest BCUT2D eigenvalue weighted by molar-refractivity contribution is 9.10. The normalized spacial score (nSPS) is 12.1. The van der Waals surface area contributed by atoms with Gasteiger partial charge in [-0.3, -0.25) is 13.9 Å². The van der Waals surface area contributed by atoms with Gasteiger partial charge in [0, 0.05) is 17.6 Å². The minimum absolute atomic E-state index is 0.0790. The highest BCUT2D eigenvalue weighted by atomic mass is 79.9. The third kappa shape index (κ3) is 8.41. The smallest absolute Gasteiger partial charge is 0.264 e. The zero-order chi connectivity index (χ0) is 28.4. The molecule has 0 unspecified atom stereocenters. The molecular formula is C30H36BrN3O4S. The average Bonchev–Trinajstić information content (AvgIpc) is 2.93. The van der Waals surface area contributed by atoms with E-state index in [0.29, 0.717) is 29.5 Å². The third-order valence-electron chi connectivity index (χ3n) is 6.26. The predicted octanol–water partition coefficient (Wildman–Crippen LogP) is 5.27. The lowest BCUT2D eigenvalue weighted by atomic mass is 10.1. The quantitative estimate of drug-likeness (QED) is 0.285. The summed E-state index contributed by atoms with van der Waals surface area (Å²) in [4.78, 5) is 28.8. The first-order chi connectivity index (χ1) is 18.6. The Labute approximate surface area is 240 Å². The molecule has 7 nitrogen and oxygen atoms in total. The van der Waals surface area contributed by atoms with E-state index < -0.39 is 28.5 Å². The number of halogens is 1. The van der Waals surface area contributed by atoms with Crippen LogP contribution in [0, 0.1) is 5.92 Å². The van der Waals surface area contributed by atoms with Crippen molar-refractivity contribution in [2.45, 2.75) is 44.6 Å². The molecule has 3 aromatic rings. The number of anilines is 1. The van der Waals surface area contributed by atoms with Crippen LogP contribution in [-0.4, -0.2) is 50.8 Å². The second-order valence-electron chi connectivity index (χ2n) is 9.69. The van der Waals surface area contributed by atoms with Crippen molar-refractivity contribution in [2.75, 3.05) is 23.9 Å². The summed E-state index contributed by atoms with van der Waals surface area (Å²) in [6.07, 6.45) is 0.926.